The Morgan fingerprint density at radius 1 is 0.880 bits per heavy atom. The van der Waals surface area contributed by atoms with Gasteiger partial charge in [0.2, 0.25) is 0 Å². The molecule has 130 valence electrons. The first-order valence-corrected chi connectivity index (χ1v) is 10.3. The van der Waals surface area contributed by atoms with Gasteiger partial charge in [-0.3, -0.25) is 0 Å². The van der Waals surface area contributed by atoms with Crippen molar-refractivity contribution < 1.29 is 9.68 Å². The van der Waals surface area contributed by atoms with E-state index in [2.05, 4.69) is 65.6 Å². The predicted octanol–water partition coefficient (Wildman–Crippen LogP) is 4.86. The maximum Gasteiger partial charge on any atom is 0.271 e. The van der Waals surface area contributed by atoms with Crippen LogP contribution in [0.2, 0.25) is 0 Å². The fourth-order valence-electron chi connectivity index (χ4n) is 3.90. The molecule has 2 aliphatic heterocycles. The zero-order chi connectivity index (χ0) is 17.4. The van der Waals surface area contributed by atoms with E-state index in [1.165, 1.54) is 18.7 Å². The number of benzene rings is 2. The topological polar surface area (TPSA) is 26.5 Å². The van der Waals surface area contributed by atoms with Crippen molar-refractivity contribution in [3.63, 3.8) is 0 Å². The number of nitrogens with zero attached hydrogens (tertiary/aromatic N) is 2. The van der Waals surface area contributed by atoms with Gasteiger partial charge in [-0.2, -0.15) is 0 Å². The largest absolute Gasteiger partial charge is 0.346 e. The van der Waals surface area contributed by atoms with Crippen molar-refractivity contribution in [2.75, 3.05) is 18.0 Å². The predicted molar refractivity (Wildman–Crippen MR) is 108 cm³/mol. The third-order valence-electron chi connectivity index (χ3n) is 5.18. The van der Waals surface area contributed by atoms with Crippen LogP contribution in [0.1, 0.15) is 31.2 Å². The first kappa shape index (κ1) is 17.3. The molecule has 0 aliphatic carbocycles. The third-order valence-corrected chi connectivity index (χ3v) is 6.23. The maximum atomic E-state index is 11.7. The molecule has 5 heteroatoms. The van der Waals surface area contributed by atoms with Crippen LogP contribution in [0.4, 0.5) is 5.69 Å². The standard InChI is InChI=1S/C20H21Br2N2O/c21-16-7-5-15(6-8-16)20(25)14-23(18-11-9-17(22)10-12-18)19-4-2-1-3-13-24(19)20/h5-12,25H,1-4,13-14H2/q+1/t20-/m1/s1. The van der Waals surface area contributed by atoms with E-state index in [4.69, 9.17) is 0 Å². The molecule has 0 radical (unpaired) electrons. The van der Waals surface area contributed by atoms with Crippen molar-refractivity contribution in [2.45, 2.75) is 31.4 Å². The van der Waals surface area contributed by atoms with E-state index in [9.17, 15) is 5.11 Å². The zero-order valence-corrected chi connectivity index (χ0v) is 17.1. The van der Waals surface area contributed by atoms with Crippen LogP contribution >= 0.6 is 31.9 Å². The summed E-state index contributed by atoms with van der Waals surface area (Å²) in [6.45, 7) is 1.46. The molecule has 0 bridgehead atoms. The van der Waals surface area contributed by atoms with Gasteiger partial charge in [-0.1, -0.05) is 44.0 Å². The highest BCUT2D eigenvalue weighted by atomic mass is 79.9. The number of aliphatic hydroxyl groups is 1. The normalized spacial score (nSPS) is 23.6. The van der Waals surface area contributed by atoms with E-state index in [0.717, 1.165) is 39.6 Å². The summed E-state index contributed by atoms with van der Waals surface area (Å²) in [6.07, 6.45) is 4.52. The molecule has 0 aromatic heterocycles. The van der Waals surface area contributed by atoms with Gasteiger partial charge < -0.3 is 5.11 Å². The van der Waals surface area contributed by atoms with Crippen LogP contribution in [-0.2, 0) is 5.72 Å². The Labute approximate surface area is 165 Å². The fraction of sp³-hybridized carbons (Fsp3) is 0.350. The molecule has 0 fully saturated rings. The van der Waals surface area contributed by atoms with Gasteiger partial charge in [0.1, 0.15) is 5.69 Å². The van der Waals surface area contributed by atoms with Crippen molar-refractivity contribution in [3.8, 4) is 0 Å². The first-order chi connectivity index (χ1) is 12.1. The number of hydrogen-bond acceptors (Lipinski definition) is 2. The number of β-amino-alcohol motifs (C(OH)–C–C–N with tert-alkyl or cyclic N) is 1. The third kappa shape index (κ3) is 3.18. The molecular formula is C20H21Br2N2O+. The number of halogens is 2. The second-order valence-electron chi connectivity index (χ2n) is 6.76. The van der Waals surface area contributed by atoms with Gasteiger partial charge in [-0.25, -0.2) is 9.48 Å². The quantitative estimate of drug-likeness (QED) is 0.642. The average molecular weight is 465 g/mol. The Morgan fingerprint density at radius 2 is 1.52 bits per heavy atom. The van der Waals surface area contributed by atoms with Crippen molar-refractivity contribution >= 4 is 43.4 Å². The van der Waals surface area contributed by atoms with E-state index in [-0.39, 0.29) is 0 Å². The second kappa shape index (κ2) is 6.86. The minimum Gasteiger partial charge on any atom is -0.346 e. The smallest absolute Gasteiger partial charge is 0.271 e. The Balaban J connectivity index is 1.79. The van der Waals surface area contributed by atoms with E-state index in [1.54, 1.807) is 0 Å². The van der Waals surface area contributed by atoms with Gasteiger partial charge >= 0.3 is 0 Å². The fourth-order valence-corrected chi connectivity index (χ4v) is 4.42. The minimum atomic E-state index is -0.979. The first-order valence-electron chi connectivity index (χ1n) is 8.73. The van der Waals surface area contributed by atoms with Gasteiger partial charge in [0.05, 0.1) is 6.54 Å². The van der Waals surface area contributed by atoms with Crippen molar-refractivity contribution in [3.05, 3.63) is 63.0 Å². The summed E-state index contributed by atoms with van der Waals surface area (Å²) in [7, 11) is 0. The molecule has 2 aromatic rings. The number of rotatable bonds is 2. The lowest BCUT2D eigenvalue weighted by Crippen LogP contribution is -2.41. The van der Waals surface area contributed by atoms with Gasteiger partial charge in [0.25, 0.3) is 11.6 Å². The van der Waals surface area contributed by atoms with Gasteiger partial charge in [0.15, 0.2) is 6.54 Å². The van der Waals surface area contributed by atoms with E-state index < -0.39 is 5.72 Å². The summed E-state index contributed by atoms with van der Waals surface area (Å²) in [6, 6.07) is 16.4. The SMILES string of the molecule is O[C@@]1(c2ccc(Br)cc2)CN(c2ccc(Br)cc2)C2=[N+]1CCCCC2. The summed E-state index contributed by atoms with van der Waals surface area (Å²) in [4.78, 5) is 2.29. The van der Waals surface area contributed by atoms with Crippen LogP contribution < -0.4 is 4.90 Å². The summed E-state index contributed by atoms with van der Waals surface area (Å²) in [5.41, 5.74) is 1.11. The van der Waals surface area contributed by atoms with Gasteiger partial charge in [-0.15, -0.1) is 0 Å². The zero-order valence-electron chi connectivity index (χ0n) is 14.0. The summed E-state index contributed by atoms with van der Waals surface area (Å²) < 4.78 is 4.33. The molecule has 1 N–H and O–H groups in total. The van der Waals surface area contributed by atoms with Crippen LogP contribution in [-0.4, -0.2) is 28.6 Å². The molecule has 2 heterocycles. The van der Waals surface area contributed by atoms with Crippen molar-refractivity contribution in [2.24, 2.45) is 0 Å². The molecule has 4 rings (SSSR count). The second-order valence-corrected chi connectivity index (χ2v) is 8.60. The number of hydrogen-bond donors (Lipinski definition) is 1. The van der Waals surface area contributed by atoms with Crippen molar-refractivity contribution in [1.29, 1.82) is 0 Å². The molecule has 0 amide bonds. The average Bonchev–Trinajstić information content (AvgIpc) is 2.78. The van der Waals surface area contributed by atoms with Gasteiger partial charge in [-0.05, 0) is 55.7 Å². The highest BCUT2D eigenvalue weighted by molar-refractivity contribution is 9.10. The lowest BCUT2D eigenvalue weighted by Gasteiger charge is -2.23. The summed E-state index contributed by atoms with van der Waals surface area (Å²) in [5.74, 6) is 1.24. The van der Waals surface area contributed by atoms with Crippen LogP contribution in [0, 0.1) is 0 Å². The summed E-state index contributed by atoms with van der Waals surface area (Å²) in [5, 5.41) is 11.7. The highest BCUT2D eigenvalue weighted by Gasteiger charge is 2.51. The molecule has 0 spiro atoms. The molecular weight excluding hydrogens is 444 g/mol. The molecule has 1 atom stereocenters. The number of anilines is 1. The Bertz CT molecular complexity index is 801. The van der Waals surface area contributed by atoms with Crippen LogP contribution in [0.15, 0.2) is 57.5 Å². The Morgan fingerprint density at radius 3 is 2.20 bits per heavy atom. The lowest BCUT2D eigenvalue weighted by molar-refractivity contribution is -0.658. The Kier molecular flexibility index (Phi) is 4.73. The minimum absolute atomic E-state index is 0.561. The van der Waals surface area contributed by atoms with Crippen LogP contribution in [0.5, 0.6) is 0 Å². The van der Waals surface area contributed by atoms with E-state index >= 15 is 0 Å². The lowest BCUT2D eigenvalue weighted by atomic mass is 10.0. The summed E-state index contributed by atoms with van der Waals surface area (Å²) >= 11 is 7.00. The van der Waals surface area contributed by atoms with Crippen LogP contribution in [0.3, 0.4) is 0 Å². The van der Waals surface area contributed by atoms with E-state index in [0.29, 0.717) is 6.54 Å². The Hall–Kier alpha value is -1.17. The molecule has 25 heavy (non-hydrogen) atoms. The van der Waals surface area contributed by atoms with Crippen LogP contribution in [0.25, 0.3) is 0 Å². The molecule has 2 aliphatic rings. The molecule has 3 nitrogen and oxygen atoms in total. The monoisotopic (exact) mass is 463 g/mol. The molecule has 2 aromatic carbocycles. The molecule has 0 saturated carbocycles. The van der Waals surface area contributed by atoms with Gasteiger partial charge in [0, 0.05) is 20.9 Å². The van der Waals surface area contributed by atoms with E-state index in [1.807, 2.05) is 24.3 Å². The molecule has 0 saturated heterocycles. The number of amidine groups is 1. The van der Waals surface area contributed by atoms with Crippen molar-refractivity contribution in [1.82, 2.24) is 0 Å². The highest BCUT2D eigenvalue weighted by Crippen LogP contribution is 2.36. The maximum absolute atomic E-state index is 11.7. The molecule has 0 unspecified atom stereocenters.